The zero-order valence-electron chi connectivity index (χ0n) is 19.6. The van der Waals surface area contributed by atoms with Gasteiger partial charge in [-0.2, -0.15) is 0 Å². The molecule has 0 radical (unpaired) electrons. The van der Waals surface area contributed by atoms with Crippen LogP contribution in [-0.2, 0) is 10.8 Å². The molecule has 1 amide bonds. The lowest BCUT2D eigenvalue weighted by Gasteiger charge is -2.52. The summed E-state index contributed by atoms with van der Waals surface area (Å²) >= 11 is 0. The first-order valence-corrected chi connectivity index (χ1v) is 11.6. The van der Waals surface area contributed by atoms with Gasteiger partial charge >= 0.3 is 0 Å². The third-order valence-electron chi connectivity index (χ3n) is 8.05. The average Bonchev–Trinajstić information content (AvgIpc) is 3.52. The molecule has 1 aromatic rings. The average molecular weight is 397 g/mol. The number of hydrogen-bond acceptors (Lipinski definition) is 2. The van der Waals surface area contributed by atoms with Gasteiger partial charge in [0.25, 0.3) is 5.91 Å². The Hall–Kier alpha value is -1.35. The Morgan fingerprint density at radius 2 is 1.66 bits per heavy atom. The van der Waals surface area contributed by atoms with Crippen LogP contribution in [0.4, 0.5) is 0 Å². The number of likely N-dealkylation sites (tertiary alicyclic amines) is 1. The molecule has 0 aromatic heterocycles. The molecule has 1 aliphatic heterocycles. The van der Waals surface area contributed by atoms with Crippen LogP contribution in [0.25, 0.3) is 0 Å². The van der Waals surface area contributed by atoms with Gasteiger partial charge in [0.05, 0.1) is 0 Å². The summed E-state index contributed by atoms with van der Waals surface area (Å²) in [4.78, 5) is 15.6. The molecule has 2 saturated carbocycles. The molecule has 3 nitrogen and oxygen atoms in total. The van der Waals surface area contributed by atoms with E-state index in [1.54, 1.807) is 0 Å². The molecule has 3 aliphatic rings. The van der Waals surface area contributed by atoms with Gasteiger partial charge in [-0.05, 0) is 59.3 Å². The number of amides is 1. The molecule has 1 N–H and O–H groups in total. The lowest BCUT2D eigenvalue weighted by Crippen LogP contribution is -2.62. The largest absolute Gasteiger partial charge is 0.351 e. The third-order valence-corrected chi connectivity index (χ3v) is 8.05. The SMILES string of the molecule is CCC1CC12CN(CCNC(=O)c1cc(C(C)(C)C)cc(C(C)(C)C)c1)C21CC1. The molecule has 3 fully saturated rings. The minimum Gasteiger partial charge on any atom is -0.351 e. The van der Waals surface area contributed by atoms with Gasteiger partial charge in [0.2, 0.25) is 0 Å². The molecule has 0 bridgehead atoms. The van der Waals surface area contributed by atoms with Crippen LogP contribution in [0.5, 0.6) is 0 Å². The van der Waals surface area contributed by atoms with Crippen molar-refractivity contribution in [3.05, 3.63) is 34.9 Å². The lowest BCUT2D eigenvalue weighted by molar-refractivity contribution is -0.0355. The highest BCUT2D eigenvalue weighted by molar-refractivity contribution is 5.94. The third kappa shape index (κ3) is 3.44. The monoisotopic (exact) mass is 396 g/mol. The smallest absolute Gasteiger partial charge is 0.251 e. The van der Waals surface area contributed by atoms with Gasteiger partial charge in [0, 0.05) is 36.2 Å². The minimum absolute atomic E-state index is 0.0285. The lowest BCUT2D eigenvalue weighted by atomic mass is 9.79. The van der Waals surface area contributed by atoms with E-state index in [4.69, 9.17) is 0 Å². The highest BCUT2D eigenvalue weighted by atomic mass is 16.1. The number of rotatable bonds is 5. The molecule has 3 heteroatoms. The molecule has 1 heterocycles. The van der Waals surface area contributed by atoms with Crippen LogP contribution in [0.2, 0.25) is 0 Å². The van der Waals surface area contributed by atoms with Crippen molar-refractivity contribution in [3.8, 4) is 0 Å². The van der Waals surface area contributed by atoms with Crippen LogP contribution < -0.4 is 5.32 Å². The van der Waals surface area contributed by atoms with E-state index in [0.717, 1.165) is 24.6 Å². The van der Waals surface area contributed by atoms with Crippen molar-refractivity contribution in [1.29, 1.82) is 0 Å². The Morgan fingerprint density at radius 3 is 2.10 bits per heavy atom. The number of benzene rings is 1. The van der Waals surface area contributed by atoms with Crippen molar-refractivity contribution in [3.63, 3.8) is 0 Å². The minimum atomic E-state index is 0.0285. The molecule has 2 aliphatic carbocycles. The topological polar surface area (TPSA) is 32.3 Å². The Labute approximate surface area is 177 Å². The van der Waals surface area contributed by atoms with Crippen molar-refractivity contribution in [2.75, 3.05) is 19.6 Å². The van der Waals surface area contributed by atoms with Gasteiger partial charge in [-0.3, -0.25) is 9.69 Å². The normalized spacial score (nSPS) is 27.8. The number of nitrogens with zero attached hydrogens (tertiary/aromatic N) is 1. The molecule has 29 heavy (non-hydrogen) atoms. The van der Waals surface area contributed by atoms with E-state index >= 15 is 0 Å². The fourth-order valence-electron chi connectivity index (χ4n) is 5.80. The first-order valence-electron chi connectivity index (χ1n) is 11.6. The summed E-state index contributed by atoms with van der Waals surface area (Å²) in [6.45, 7) is 18.6. The predicted octanol–water partition coefficient (Wildman–Crippen LogP) is 5.28. The summed E-state index contributed by atoms with van der Waals surface area (Å²) in [5.74, 6) is 1.03. The molecule has 2 atom stereocenters. The van der Waals surface area contributed by atoms with Crippen LogP contribution >= 0.6 is 0 Å². The molecule has 1 aromatic carbocycles. The summed E-state index contributed by atoms with van der Waals surface area (Å²) in [6, 6.07) is 6.44. The first-order chi connectivity index (χ1) is 13.4. The quantitative estimate of drug-likeness (QED) is 0.735. The van der Waals surface area contributed by atoms with E-state index in [1.807, 2.05) is 0 Å². The van der Waals surface area contributed by atoms with Crippen molar-refractivity contribution in [2.24, 2.45) is 11.3 Å². The molecule has 2 unspecified atom stereocenters. The van der Waals surface area contributed by atoms with Crippen molar-refractivity contribution < 1.29 is 4.79 Å². The van der Waals surface area contributed by atoms with E-state index in [2.05, 4.69) is 76.9 Å². The van der Waals surface area contributed by atoms with Crippen LogP contribution in [0.1, 0.15) is 95.6 Å². The first kappa shape index (κ1) is 20.9. The van der Waals surface area contributed by atoms with Gasteiger partial charge in [-0.15, -0.1) is 0 Å². The number of nitrogens with one attached hydrogen (secondary N) is 1. The summed E-state index contributed by atoms with van der Waals surface area (Å²) in [5, 5.41) is 3.21. The molecule has 4 rings (SSSR count). The molecular formula is C26H40N2O. The van der Waals surface area contributed by atoms with E-state index < -0.39 is 0 Å². The second-order valence-electron chi connectivity index (χ2n) is 12.0. The number of fused-ring (bicyclic) bond motifs is 1. The summed E-state index contributed by atoms with van der Waals surface area (Å²) in [5.41, 5.74) is 4.50. The molecule has 1 saturated heterocycles. The fourth-order valence-corrected chi connectivity index (χ4v) is 5.80. The highest BCUT2D eigenvalue weighted by Crippen LogP contribution is 2.77. The van der Waals surface area contributed by atoms with E-state index in [9.17, 15) is 4.79 Å². The van der Waals surface area contributed by atoms with Crippen molar-refractivity contribution >= 4 is 5.91 Å². The number of carbonyl (C=O) groups excluding carboxylic acids is 1. The number of carbonyl (C=O) groups is 1. The maximum Gasteiger partial charge on any atom is 0.251 e. The van der Waals surface area contributed by atoms with Crippen LogP contribution in [0, 0.1) is 11.3 Å². The van der Waals surface area contributed by atoms with Crippen molar-refractivity contribution in [1.82, 2.24) is 10.2 Å². The fraction of sp³-hybridized carbons (Fsp3) is 0.731. The van der Waals surface area contributed by atoms with E-state index in [1.165, 1.54) is 43.4 Å². The number of hydrogen-bond donors (Lipinski definition) is 1. The zero-order chi connectivity index (χ0) is 21.2. The van der Waals surface area contributed by atoms with Crippen LogP contribution in [0.15, 0.2) is 18.2 Å². The van der Waals surface area contributed by atoms with Gasteiger partial charge in [-0.25, -0.2) is 0 Å². The highest BCUT2D eigenvalue weighted by Gasteiger charge is 2.78. The van der Waals surface area contributed by atoms with Gasteiger partial charge < -0.3 is 5.32 Å². The summed E-state index contributed by atoms with van der Waals surface area (Å²) in [7, 11) is 0. The van der Waals surface area contributed by atoms with Gasteiger partial charge in [0.1, 0.15) is 0 Å². The maximum atomic E-state index is 13.0. The Balaban J connectivity index is 1.39. The standard InChI is InChI=1S/C26H40N2O/c1-8-19-16-25(19)17-28(26(25)9-10-26)12-11-27-22(29)18-13-20(23(2,3)4)15-21(14-18)24(5,6)7/h13-15,19H,8-12,16-17H2,1-7H3,(H,27,29). The molecule has 2 spiro atoms. The Kier molecular flexibility index (Phi) is 4.74. The second kappa shape index (κ2) is 6.57. The molecule has 160 valence electrons. The summed E-state index contributed by atoms with van der Waals surface area (Å²) in [6.07, 6.45) is 5.54. The van der Waals surface area contributed by atoms with E-state index in [-0.39, 0.29) is 16.7 Å². The van der Waals surface area contributed by atoms with Crippen LogP contribution in [0.3, 0.4) is 0 Å². The maximum absolute atomic E-state index is 13.0. The predicted molar refractivity (Wildman–Crippen MR) is 121 cm³/mol. The van der Waals surface area contributed by atoms with Crippen LogP contribution in [-0.4, -0.2) is 36.0 Å². The Morgan fingerprint density at radius 1 is 1.07 bits per heavy atom. The zero-order valence-corrected chi connectivity index (χ0v) is 19.6. The van der Waals surface area contributed by atoms with Gasteiger partial charge in [0.15, 0.2) is 0 Å². The second-order valence-corrected chi connectivity index (χ2v) is 12.0. The Bertz CT molecular complexity index is 777. The van der Waals surface area contributed by atoms with Gasteiger partial charge in [-0.1, -0.05) is 61.0 Å². The molecular weight excluding hydrogens is 356 g/mol. The van der Waals surface area contributed by atoms with E-state index in [0.29, 0.717) is 11.0 Å². The van der Waals surface area contributed by atoms with Crippen molar-refractivity contribution in [2.45, 2.75) is 90.5 Å². The summed E-state index contributed by atoms with van der Waals surface area (Å²) < 4.78 is 0.